The van der Waals surface area contributed by atoms with Gasteiger partial charge in [-0.3, -0.25) is 4.79 Å². The number of anilines is 3. The molecule has 1 amide bonds. The SMILES string of the molecule is Cc1ccc(C)c(NC(=O)c2ccnc(N3CCN(c4ncccn4)CC3)c2)c1. The van der Waals surface area contributed by atoms with Crippen molar-refractivity contribution in [1.82, 2.24) is 15.0 Å². The van der Waals surface area contributed by atoms with Crippen molar-refractivity contribution in [2.24, 2.45) is 0 Å². The van der Waals surface area contributed by atoms with Crippen LogP contribution in [0.15, 0.2) is 55.0 Å². The van der Waals surface area contributed by atoms with Crippen molar-refractivity contribution in [3.8, 4) is 0 Å². The van der Waals surface area contributed by atoms with E-state index in [1.165, 1.54) is 0 Å². The molecule has 1 aliphatic rings. The number of nitrogens with zero attached hydrogens (tertiary/aromatic N) is 5. The molecule has 0 unspecified atom stereocenters. The maximum atomic E-state index is 12.8. The molecule has 1 saturated heterocycles. The van der Waals surface area contributed by atoms with Crippen molar-refractivity contribution in [1.29, 1.82) is 0 Å². The molecule has 0 saturated carbocycles. The normalized spacial score (nSPS) is 14.0. The van der Waals surface area contributed by atoms with Crippen LogP contribution in [0.4, 0.5) is 17.5 Å². The van der Waals surface area contributed by atoms with E-state index >= 15 is 0 Å². The van der Waals surface area contributed by atoms with E-state index in [0.717, 1.165) is 54.8 Å². The van der Waals surface area contributed by atoms with Crippen LogP contribution in [0.1, 0.15) is 21.5 Å². The molecule has 1 fully saturated rings. The van der Waals surface area contributed by atoms with Gasteiger partial charge in [0.15, 0.2) is 0 Å². The van der Waals surface area contributed by atoms with Gasteiger partial charge in [0, 0.05) is 56.0 Å². The van der Waals surface area contributed by atoms with E-state index in [4.69, 9.17) is 0 Å². The number of aromatic nitrogens is 3. The third-order valence-electron chi connectivity index (χ3n) is 5.09. The van der Waals surface area contributed by atoms with Gasteiger partial charge < -0.3 is 15.1 Å². The molecule has 0 bridgehead atoms. The van der Waals surface area contributed by atoms with Gasteiger partial charge in [-0.25, -0.2) is 15.0 Å². The molecule has 0 radical (unpaired) electrons. The molecule has 0 atom stereocenters. The maximum absolute atomic E-state index is 12.8. The lowest BCUT2D eigenvalue weighted by molar-refractivity contribution is 0.102. The maximum Gasteiger partial charge on any atom is 0.255 e. The van der Waals surface area contributed by atoms with Crippen molar-refractivity contribution >= 4 is 23.4 Å². The molecule has 7 nitrogen and oxygen atoms in total. The molecule has 1 aromatic carbocycles. The van der Waals surface area contributed by atoms with Crippen LogP contribution in [0.3, 0.4) is 0 Å². The quantitative estimate of drug-likeness (QED) is 0.740. The molecule has 3 aromatic rings. The number of piperazine rings is 1. The number of hydrogen-bond donors (Lipinski definition) is 1. The fourth-order valence-electron chi connectivity index (χ4n) is 3.39. The largest absolute Gasteiger partial charge is 0.353 e. The summed E-state index contributed by atoms with van der Waals surface area (Å²) < 4.78 is 0. The highest BCUT2D eigenvalue weighted by Crippen LogP contribution is 2.20. The Morgan fingerprint density at radius 1 is 0.897 bits per heavy atom. The van der Waals surface area contributed by atoms with E-state index in [1.807, 2.05) is 44.2 Å². The predicted octanol–water partition coefficient (Wildman–Crippen LogP) is 3.07. The number of rotatable bonds is 4. The summed E-state index contributed by atoms with van der Waals surface area (Å²) in [6.45, 7) is 7.22. The molecule has 3 heterocycles. The summed E-state index contributed by atoms with van der Waals surface area (Å²) >= 11 is 0. The summed E-state index contributed by atoms with van der Waals surface area (Å²) in [4.78, 5) is 30.2. The Morgan fingerprint density at radius 3 is 2.38 bits per heavy atom. The highest BCUT2D eigenvalue weighted by molar-refractivity contribution is 6.05. The number of carbonyl (C=O) groups excluding carboxylic acids is 1. The van der Waals surface area contributed by atoms with E-state index in [1.54, 1.807) is 24.7 Å². The van der Waals surface area contributed by atoms with Gasteiger partial charge in [0.1, 0.15) is 5.82 Å². The molecule has 1 aliphatic heterocycles. The average Bonchev–Trinajstić information content (AvgIpc) is 2.77. The minimum Gasteiger partial charge on any atom is -0.353 e. The van der Waals surface area contributed by atoms with Gasteiger partial charge in [0.05, 0.1) is 0 Å². The van der Waals surface area contributed by atoms with Gasteiger partial charge in [-0.1, -0.05) is 12.1 Å². The monoisotopic (exact) mass is 388 g/mol. The molecule has 2 aromatic heterocycles. The smallest absolute Gasteiger partial charge is 0.255 e. The van der Waals surface area contributed by atoms with Crippen molar-refractivity contribution < 1.29 is 4.79 Å². The fraction of sp³-hybridized carbons (Fsp3) is 0.273. The van der Waals surface area contributed by atoms with Crippen LogP contribution in [0, 0.1) is 13.8 Å². The Balaban J connectivity index is 1.44. The van der Waals surface area contributed by atoms with E-state index in [-0.39, 0.29) is 5.91 Å². The van der Waals surface area contributed by atoms with Gasteiger partial charge in [-0.2, -0.15) is 0 Å². The topological polar surface area (TPSA) is 74.2 Å². The van der Waals surface area contributed by atoms with E-state index in [2.05, 4.69) is 30.1 Å². The summed E-state index contributed by atoms with van der Waals surface area (Å²) in [7, 11) is 0. The molecule has 7 heteroatoms. The summed E-state index contributed by atoms with van der Waals surface area (Å²) in [6, 6.07) is 11.5. The summed E-state index contributed by atoms with van der Waals surface area (Å²) in [5, 5.41) is 3.02. The van der Waals surface area contributed by atoms with Crippen molar-refractivity contribution in [3.63, 3.8) is 0 Å². The first-order valence-corrected chi connectivity index (χ1v) is 9.72. The Labute approximate surface area is 170 Å². The van der Waals surface area contributed by atoms with Gasteiger partial charge in [0.2, 0.25) is 5.95 Å². The number of amides is 1. The minimum absolute atomic E-state index is 0.126. The zero-order chi connectivity index (χ0) is 20.2. The minimum atomic E-state index is -0.126. The van der Waals surface area contributed by atoms with Gasteiger partial charge in [0.25, 0.3) is 5.91 Å². The van der Waals surface area contributed by atoms with Gasteiger partial charge in [-0.05, 0) is 49.2 Å². The second kappa shape index (κ2) is 8.26. The zero-order valence-electron chi connectivity index (χ0n) is 16.7. The van der Waals surface area contributed by atoms with Gasteiger partial charge in [-0.15, -0.1) is 0 Å². The lowest BCUT2D eigenvalue weighted by Crippen LogP contribution is -2.47. The van der Waals surface area contributed by atoms with Crippen molar-refractivity contribution in [2.75, 3.05) is 41.3 Å². The first kappa shape index (κ1) is 18.9. The summed E-state index contributed by atoms with van der Waals surface area (Å²) in [6.07, 6.45) is 5.21. The standard InChI is InChI=1S/C22H24N6O/c1-16-4-5-17(2)19(14-16)26-21(29)18-6-9-23-20(15-18)27-10-12-28(13-11-27)22-24-7-3-8-25-22/h3-9,14-15H,10-13H2,1-2H3,(H,26,29). The lowest BCUT2D eigenvalue weighted by Gasteiger charge is -2.35. The van der Waals surface area contributed by atoms with Crippen LogP contribution in [-0.2, 0) is 0 Å². The first-order valence-electron chi connectivity index (χ1n) is 9.72. The predicted molar refractivity (Wildman–Crippen MR) is 115 cm³/mol. The van der Waals surface area contributed by atoms with Crippen LogP contribution < -0.4 is 15.1 Å². The fourth-order valence-corrected chi connectivity index (χ4v) is 3.39. The van der Waals surface area contributed by atoms with E-state index in [0.29, 0.717) is 5.56 Å². The Morgan fingerprint density at radius 2 is 1.62 bits per heavy atom. The molecular weight excluding hydrogens is 364 g/mol. The summed E-state index contributed by atoms with van der Waals surface area (Å²) in [5.74, 6) is 1.44. The second-order valence-electron chi connectivity index (χ2n) is 7.20. The molecule has 0 aliphatic carbocycles. The number of carbonyl (C=O) groups is 1. The Kier molecular flexibility index (Phi) is 5.37. The Bertz CT molecular complexity index is 999. The van der Waals surface area contributed by atoms with Gasteiger partial charge >= 0.3 is 0 Å². The lowest BCUT2D eigenvalue weighted by atomic mass is 10.1. The summed E-state index contributed by atoms with van der Waals surface area (Å²) in [5.41, 5.74) is 3.59. The van der Waals surface area contributed by atoms with Crippen molar-refractivity contribution in [2.45, 2.75) is 13.8 Å². The van der Waals surface area contributed by atoms with Crippen LogP contribution in [0.25, 0.3) is 0 Å². The average molecular weight is 388 g/mol. The highest BCUT2D eigenvalue weighted by atomic mass is 16.1. The molecular formula is C22H24N6O. The number of pyridine rings is 1. The molecule has 0 spiro atoms. The second-order valence-corrected chi connectivity index (χ2v) is 7.20. The number of benzene rings is 1. The van der Waals surface area contributed by atoms with E-state index < -0.39 is 0 Å². The Hall–Kier alpha value is -3.48. The van der Waals surface area contributed by atoms with Crippen LogP contribution >= 0.6 is 0 Å². The number of hydrogen-bond acceptors (Lipinski definition) is 6. The number of aryl methyl sites for hydroxylation is 2. The third-order valence-corrected chi connectivity index (χ3v) is 5.09. The van der Waals surface area contributed by atoms with Crippen LogP contribution in [0.5, 0.6) is 0 Å². The van der Waals surface area contributed by atoms with Crippen LogP contribution in [0.2, 0.25) is 0 Å². The number of nitrogens with one attached hydrogen (secondary N) is 1. The zero-order valence-corrected chi connectivity index (χ0v) is 16.7. The van der Waals surface area contributed by atoms with Crippen LogP contribution in [-0.4, -0.2) is 47.0 Å². The molecule has 4 rings (SSSR count). The first-order chi connectivity index (χ1) is 14.1. The van der Waals surface area contributed by atoms with Crippen molar-refractivity contribution in [3.05, 3.63) is 71.7 Å². The third kappa shape index (κ3) is 4.34. The highest BCUT2D eigenvalue weighted by Gasteiger charge is 2.20. The molecule has 1 N–H and O–H groups in total. The molecule has 148 valence electrons. The van der Waals surface area contributed by atoms with E-state index in [9.17, 15) is 4.79 Å². The molecule has 29 heavy (non-hydrogen) atoms.